The summed E-state index contributed by atoms with van der Waals surface area (Å²) < 4.78 is 30.2. The van der Waals surface area contributed by atoms with E-state index in [-0.39, 0.29) is 29.4 Å². The third-order valence-electron chi connectivity index (χ3n) is 8.00. The highest BCUT2D eigenvalue weighted by Crippen LogP contribution is 2.38. The molecule has 1 aliphatic heterocycles. The maximum atomic E-state index is 14.3. The summed E-state index contributed by atoms with van der Waals surface area (Å²) in [6.07, 6.45) is 4.44. The lowest BCUT2D eigenvalue weighted by atomic mass is 10.1. The van der Waals surface area contributed by atoms with Crippen molar-refractivity contribution in [3.8, 4) is 11.4 Å². The molecule has 2 aromatic carbocycles. The second-order valence-electron chi connectivity index (χ2n) is 12.6. The van der Waals surface area contributed by atoms with E-state index < -0.39 is 31.8 Å². The SMILES string of the molecule is CC(Oc1cc2cc(F)ccc2nc1N1C(=O)c2ccccc2C1=O)c1nc2c(cnn2COCC[Si](C)(C)C)cc1-n1cccn1. The molecule has 0 radical (unpaired) electrons. The minimum absolute atomic E-state index is 0.00437. The van der Waals surface area contributed by atoms with Crippen LogP contribution in [-0.4, -0.2) is 56.0 Å². The van der Waals surface area contributed by atoms with E-state index in [9.17, 15) is 14.0 Å². The lowest BCUT2D eigenvalue weighted by Gasteiger charge is -2.22. The molecule has 47 heavy (non-hydrogen) atoms. The molecule has 0 saturated carbocycles. The molecule has 5 heterocycles. The molecule has 13 heteroatoms. The van der Waals surface area contributed by atoms with E-state index in [4.69, 9.17) is 14.5 Å². The van der Waals surface area contributed by atoms with Gasteiger partial charge >= 0.3 is 0 Å². The molecule has 0 N–H and O–H groups in total. The molecular weight excluding hydrogens is 618 g/mol. The van der Waals surface area contributed by atoms with Gasteiger partial charge in [0.25, 0.3) is 11.8 Å². The fourth-order valence-corrected chi connectivity index (χ4v) is 6.28. The highest BCUT2D eigenvalue weighted by molar-refractivity contribution is 6.76. The number of benzene rings is 2. The number of pyridine rings is 2. The van der Waals surface area contributed by atoms with Gasteiger partial charge in [0.1, 0.15) is 24.3 Å². The summed E-state index contributed by atoms with van der Waals surface area (Å²) in [7, 11) is -1.26. The van der Waals surface area contributed by atoms with Gasteiger partial charge in [0.15, 0.2) is 17.2 Å². The lowest BCUT2D eigenvalue weighted by molar-refractivity contribution is 0.0812. The first-order chi connectivity index (χ1) is 22.6. The third kappa shape index (κ3) is 5.79. The average molecular weight is 650 g/mol. The Morgan fingerprint density at radius 2 is 1.68 bits per heavy atom. The van der Waals surface area contributed by atoms with Gasteiger partial charge < -0.3 is 9.47 Å². The fraction of sp³-hybridized carbons (Fsp3) is 0.235. The standard InChI is InChI=1S/C34H32FN7O4Si/c1-21(30-28(40-13-7-12-36-40)17-23-19-37-41(31(23)39-30)20-45-14-15-47(2,3)4)46-29-18-22-16-24(35)10-11-27(22)38-32(29)42-33(43)25-8-5-6-9-26(25)34(42)44/h5-13,16-19,21H,14-15,20H2,1-4H3. The van der Waals surface area contributed by atoms with Crippen molar-refractivity contribution in [3.05, 3.63) is 102 Å². The highest BCUT2D eigenvalue weighted by atomic mass is 28.3. The molecule has 11 nitrogen and oxygen atoms in total. The first kappa shape index (κ1) is 30.4. The number of nitrogens with zero attached hydrogens (tertiary/aromatic N) is 7. The zero-order chi connectivity index (χ0) is 32.9. The number of aromatic nitrogens is 6. The van der Waals surface area contributed by atoms with Crippen LogP contribution in [0.3, 0.4) is 0 Å². The van der Waals surface area contributed by atoms with Crippen molar-refractivity contribution in [2.24, 2.45) is 0 Å². The van der Waals surface area contributed by atoms with Crippen molar-refractivity contribution >= 4 is 47.6 Å². The fourth-order valence-electron chi connectivity index (χ4n) is 5.52. The van der Waals surface area contributed by atoms with Crippen LogP contribution in [0, 0.1) is 5.82 Å². The largest absolute Gasteiger partial charge is 0.480 e. The Morgan fingerprint density at radius 1 is 0.915 bits per heavy atom. The van der Waals surface area contributed by atoms with Crippen molar-refractivity contribution < 1.29 is 23.5 Å². The Morgan fingerprint density at radius 3 is 2.38 bits per heavy atom. The lowest BCUT2D eigenvalue weighted by Crippen LogP contribution is -2.31. The van der Waals surface area contributed by atoms with Crippen LogP contribution in [0.4, 0.5) is 10.2 Å². The van der Waals surface area contributed by atoms with Crippen LogP contribution in [0.25, 0.3) is 27.6 Å². The highest BCUT2D eigenvalue weighted by Gasteiger charge is 2.39. The summed E-state index contributed by atoms with van der Waals surface area (Å²) in [6, 6.07) is 17.0. The number of carbonyl (C=O) groups excluding carboxylic acids is 2. The Balaban J connectivity index is 1.30. The van der Waals surface area contributed by atoms with E-state index in [2.05, 4.69) is 34.8 Å². The van der Waals surface area contributed by atoms with Crippen molar-refractivity contribution in [3.63, 3.8) is 0 Å². The zero-order valence-corrected chi connectivity index (χ0v) is 27.3. The monoisotopic (exact) mass is 649 g/mol. The number of halogens is 1. The summed E-state index contributed by atoms with van der Waals surface area (Å²) in [4.78, 5) is 37.7. The van der Waals surface area contributed by atoms with Gasteiger partial charge in [0.2, 0.25) is 0 Å². The number of anilines is 1. The summed E-state index contributed by atoms with van der Waals surface area (Å²) >= 11 is 0. The minimum Gasteiger partial charge on any atom is -0.480 e. The van der Waals surface area contributed by atoms with E-state index in [0.717, 1.165) is 16.3 Å². The molecule has 6 aromatic rings. The van der Waals surface area contributed by atoms with Crippen molar-refractivity contribution in [1.82, 2.24) is 29.5 Å². The van der Waals surface area contributed by atoms with E-state index >= 15 is 0 Å². The average Bonchev–Trinajstić information content (AvgIpc) is 3.77. The van der Waals surface area contributed by atoms with E-state index in [1.807, 2.05) is 6.07 Å². The number of carbonyl (C=O) groups is 2. The predicted molar refractivity (Wildman–Crippen MR) is 177 cm³/mol. The molecule has 0 spiro atoms. The quantitative estimate of drug-likeness (QED) is 0.0931. The minimum atomic E-state index is -1.26. The molecule has 1 atom stereocenters. The molecular formula is C34H32FN7O4Si. The Kier molecular flexibility index (Phi) is 7.64. The van der Waals surface area contributed by atoms with Crippen LogP contribution in [-0.2, 0) is 11.5 Å². The van der Waals surface area contributed by atoms with Gasteiger partial charge in [-0.05, 0) is 61.5 Å². The number of imide groups is 1. The number of rotatable bonds is 10. The molecule has 1 unspecified atom stereocenters. The summed E-state index contributed by atoms with van der Waals surface area (Å²) in [5.74, 6) is -1.38. The predicted octanol–water partition coefficient (Wildman–Crippen LogP) is 6.56. The Labute approximate surface area is 270 Å². The molecule has 0 saturated heterocycles. The second kappa shape index (κ2) is 11.8. The second-order valence-corrected chi connectivity index (χ2v) is 18.3. The van der Waals surface area contributed by atoms with Gasteiger partial charge in [-0.3, -0.25) is 9.59 Å². The smallest absolute Gasteiger partial charge is 0.267 e. The van der Waals surface area contributed by atoms with E-state index in [0.29, 0.717) is 34.5 Å². The maximum absolute atomic E-state index is 14.3. The van der Waals surface area contributed by atoms with Crippen LogP contribution in [0.5, 0.6) is 5.75 Å². The van der Waals surface area contributed by atoms with Gasteiger partial charge in [-0.25, -0.2) is 28.6 Å². The van der Waals surface area contributed by atoms with Gasteiger partial charge in [-0.15, -0.1) is 0 Å². The van der Waals surface area contributed by atoms with Gasteiger partial charge in [-0.1, -0.05) is 31.8 Å². The van der Waals surface area contributed by atoms with E-state index in [1.165, 1.54) is 18.2 Å². The van der Waals surface area contributed by atoms with Gasteiger partial charge in [-0.2, -0.15) is 10.2 Å². The van der Waals surface area contributed by atoms with Crippen LogP contribution in [0.1, 0.15) is 39.4 Å². The van der Waals surface area contributed by atoms with Crippen LogP contribution >= 0.6 is 0 Å². The van der Waals surface area contributed by atoms with Crippen LogP contribution < -0.4 is 9.64 Å². The van der Waals surface area contributed by atoms with Gasteiger partial charge in [0.05, 0.1) is 28.5 Å². The first-order valence-corrected chi connectivity index (χ1v) is 19.0. The number of hydrogen-bond donors (Lipinski definition) is 0. The first-order valence-electron chi connectivity index (χ1n) is 15.3. The van der Waals surface area contributed by atoms with Crippen LogP contribution in [0.15, 0.2) is 79.3 Å². The topological polar surface area (TPSA) is 117 Å². The molecule has 2 amide bonds. The maximum Gasteiger partial charge on any atom is 0.267 e. The molecule has 7 rings (SSSR count). The zero-order valence-electron chi connectivity index (χ0n) is 26.3. The van der Waals surface area contributed by atoms with Crippen LogP contribution in [0.2, 0.25) is 25.7 Å². The number of hydrogen-bond acceptors (Lipinski definition) is 8. The molecule has 1 aliphatic rings. The molecule has 0 fully saturated rings. The molecule has 0 bridgehead atoms. The van der Waals surface area contributed by atoms with Gasteiger partial charge in [0, 0.05) is 37.8 Å². The van der Waals surface area contributed by atoms with E-state index in [1.54, 1.807) is 71.3 Å². The summed E-state index contributed by atoms with van der Waals surface area (Å²) in [6.45, 7) is 9.56. The number of amides is 2. The Bertz CT molecular complexity index is 2130. The normalized spacial score (nSPS) is 13.9. The number of ether oxygens (including phenoxy) is 2. The van der Waals surface area contributed by atoms with Crippen molar-refractivity contribution in [1.29, 1.82) is 0 Å². The van der Waals surface area contributed by atoms with Crippen molar-refractivity contribution in [2.45, 2.75) is 45.4 Å². The number of fused-ring (bicyclic) bond motifs is 3. The molecule has 0 aliphatic carbocycles. The van der Waals surface area contributed by atoms with Crippen molar-refractivity contribution in [2.75, 3.05) is 11.5 Å². The molecule has 4 aromatic heterocycles. The Hall–Kier alpha value is -5.27. The summed E-state index contributed by atoms with van der Waals surface area (Å²) in [5.41, 5.74) is 2.69. The molecule has 238 valence electrons. The summed E-state index contributed by atoms with van der Waals surface area (Å²) in [5, 5.41) is 10.2. The third-order valence-corrected chi connectivity index (χ3v) is 9.70.